The van der Waals surface area contributed by atoms with Gasteiger partial charge in [-0.2, -0.15) is 62.1 Å². The van der Waals surface area contributed by atoms with Crippen LogP contribution in [-0.4, -0.2) is 102 Å². The molecule has 0 radical (unpaired) electrons. The van der Waals surface area contributed by atoms with Gasteiger partial charge in [-0.3, -0.25) is 19.2 Å². The molecular weight excluding hydrogens is 905 g/mol. The lowest BCUT2D eigenvalue weighted by Gasteiger charge is -2.55. The normalized spacial score (nSPS) is 21.0. The van der Waals surface area contributed by atoms with Gasteiger partial charge in [0, 0.05) is 12.3 Å². The molecule has 0 N–H and O–H groups in total. The molecule has 65 heavy (non-hydrogen) atoms. The number of hydroxylamine groups is 2. The standard InChI is InChI=1S/C43H58F13NO8/c1-9-12-20-63-33(59)29(22-26(4)28-16-14-13-15-17-28)23-30(34(60)62-19-10-2)24-32(65-57-36(6,7)27(5)31(58)25-37(57,8)11-3)35(61)64-21-18-38(44,45)39(46,47)40(48,49)41(50,51)42(52,53)43(54,55)56/h13-17,26-27,29-30,32H,9-12,18-25H2,1-8H3. The number of hydrogen-bond acceptors (Lipinski definition) is 9. The van der Waals surface area contributed by atoms with E-state index in [1.165, 1.54) is 25.8 Å². The molecule has 0 aliphatic carbocycles. The summed E-state index contributed by atoms with van der Waals surface area (Å²) in [5.74, 6) is -45.8. The number of hydrogen-bond donors (Lipinski definition) is 0. The van der Waals surface area contributed by atoms with Crippen molar-refractivity contribution in [2.45, 2.75) is 172 Å². The number of ether oxygens (including phenoxy) is 3. The molecule has 1 fully saturated rings. The van der Waals surface area contributed by atoms with Crippen molar-refractivity contribution in [2.24, 2.45) is 17.8 Å². The van der Waals surface area contributed by atoms with E-state index < -0.39 is 115 Å². The molecule has 0 bridgehead atoms. The van der Waals surface area contributed by atoms with Crippen LogP contribution in [0.25, 0.3) is 0 Å². The summed E-state index contributed by atoms with van der Waals surface area (Å²) in [6, 6.07) is 8.85. The fourth-order valence-electron chi connectivity index (χ4n) is 7.32. The average molecular weight is 964 g/mol. The predicted molar refractivity (Wildman–Crippen MR) is 207 cm³/mol. The molecule has 1 aromatic carbocycles. The molecule has 1 aliphatic rings. The molecule has 6 unspecified atom stereocenters. The van der Waals surface area contributed by atoms with E-state index in [1.807, 2.05) is 6.92 Å². The van der Waals surface area contributed by atoms with E-state index in [0.29, 0.717) is 12.8 Å². The first-order valence-corrected chi connectivity index (χ1v) is 21.1. The van der Waals surface area contributed by atoms with Crippen LogP contribution in [0.5, 0.6) is 0 Å². The number of nitrogens with zero attached hydrogens (tertiary/aromatic N) is 1. The molecule has 1 aromatic rings. The maximum Gasteiger partial charge on any atom is 0.460 e. The minimum Gasteiger partial charge on any atom is -0.465 e. The number of benzene rings is 1. The Kier molecular flexibility index (Phi) is 19.4. The maximum absolute atomic E-state index is 14.8. The zero-order chi connectivity index (χ0) is 50.2. The molecule has 22 heteroatoms. The minimum absolute atomic E-state index is 0.00309. The second kappa shape index (κ2) is 22.0. The Morgan fingerprint density at radius 1 is 0.692 bits per heavy atom. The zero-order valence-corrected chi connectivity index (χ0v) is 37.4. The third-order valence-electron chi connectivity index (χ3n) is 12.0. The molecule has 0 aromatic heterocycles. The summed E-state index contributed by atoms with van der Waals surface area (Å²) in [4.78, 5) is 60.7. The largest absolute Gasteiger partial charge is 0.465 e. The number of carbonyl (C=O) groups excluding carboxylic acids is 4. The van der Waals surface area contributed by atoms with Crippen LogP contribution in [0.2, 0.25) is 0 Å². The van der Waals surface area contributed by atoms with Crippen LogP contribution in [0.1, 0.15) is 125 Å². The van der Waals surface area contributed by atoms with Gasteiger partial charge in [-0.15, -0.1) is 0 Å². The van der Waals surface area contributed by atoms with Crippen LogP contribution in [-0.2, 0) is 38.2 Å². The highest BCUT2D eigenvalue weighted by Crippen LogP contribution is 2.60. The number of ketones is 1. The van der Waals surface area contributed by atoms with Gasteiger partial charge in [0.15, 0.2) is 6.10 Å². The molecule has 374 valence electrons. The van der Waals surface area contributed by atoms with E-state index in [-0.39, 0.29) is 50.6 Å². The summed E-state index contributed by atoms with van der Waals surface area (Å²) >= 11 is 0. The van der Waals surface area contributed by atoms with Crippen molar-refractivity contribution in [3.05, 3.63) is 35.9 Å². The van der Waals surface area contributed by atoms with Gasteiger partial charge >= 0.3 is 53.7 Å². The zero-order valence-electron chi connectivity index (χ0n) is 37.4. The van der Waals surface area contributed by atoms with Crippen LogP contribution in [0, 0.1) is 17.8 Å². The Balaban J connectivity index is 2.67. The minimum atomic E-state index is -8.12. The SMILES string of the molecule is CCCCOC(=O)C(CC(CC(ON1C(C)(CC)CC(=O)C(C)C1(C)C)C(=O)OCCC(F)(F)C(F)(F)C(F)(F)C(F)(F)C(F)(F)C(F)(F)F)C(=O)OCCC)CC(C)c1ccccc1. The average Bonchev–Trinajstić information content (AvgIpc) is 3.21. The van der Waals surface area contributed by atoms with Gasteiger partial charge in [0.1, 0.15) is 5.78 Å². The summed E-state index contributed by atoms with van der Waals surface area (Å²) in [5, 5.41) is 1.23. The summed E-state index contributed by atoms with van der Waals surface area (Å²) in [6.07, 6.45) is -12.4. The lowest BCUT2D eigenvalue weighted by atomic mass is 9.72. The quantitative estimate of drug-likeness (QED) is 0.0410. The van der Waals surface area contributed by atoms with Crippen molar-refractivity contribution in [1.82, 2.24) is 5.06 Å². The second-order valence-corrected chi connectivity index (χ2v) is 17.3. The number of rotatable bonds is 25. The van der Waals surface area contributed by atoms with Gasteiger partial charge in [-0.25, -0.2) is 4.79 Å². The number of unbranched alkanes of at least 4 members (excludes halogenated alkanes) is 1. The van der Waals surface area contributed by atoms with Gasteiger partial charge in [-0.05, 0) is 70.8 Å². The Bertz CT molecular complexity index is 1740. The smallest absolute Gasteiger partial charge is 0.460 e. The van der Waals surface area contributed by atoms with E-state index in [9.17, 15) is 76.3 Å². The van der Waals surface area contributed by atoms with Gasteiger partial charge in [0.05, 0.1) is 49.2 Å². The second-order valence-electron chi connectivity index (χ2n) is 17.3. The molecule has 9 nitrogen and oxygen atoms in total. The van der Waals surface area contributed by atoms with Gasteiger partial charge < -0.3 is 14.2 Å². The van der Waals surface area contributed by atoms with Crippen molar-refractivity contribution >= 4 is 23.7 Å². The summed E-state index contributed by atoms with van der Waals surface area (Å²) in [5.41, 5.74) is -1.76. The molecule has 1 saturated heterocycles. The molecule has 1 heterocycles. The van der Waals surface area contributed by atoms with Crippen LogP contribution in [0.15, 0.2) is 30.3 Å². The van der Waals surface area contributed by atoms with Crippen molar-refractivity contribution in [2.75, 3.05) is 19.8 Å². The molecular formula is C43H58F13NO8. The first-order chi connectivity index (χ1) is 29.6. The monoisotopic (exact) mass is 963 g/mol. The van der Waals surface area contributed by atoms with Gasteiger partial charge in [0.25, 0.3) is 0 Å². The first kappa shape index (κ1) is 57.4. The van der Waals surface area contributed by atoms with Crippen molar-refractivity contribution in [1.29, 1.82) is 0 Å². The molecule has 6 atom stereocenters. The molecule has 2 rings (SSSR count). The Morgan fingerprint density at radius 2 is 1.20 bits per heavy atom. The Morgan fingerprint density at radius 3 is 1.71 bits per heavy atom. The Labute approximate surface area is 369 Å². The summed E-state index contributed by atoms with van der Waals surface area (Å²) in [6.45, 7) is 10.8. The topological polar surface area (TPSA) is 108 Å². The number of esters is 3. The third kappa shape index (κ3) is 12.7. The lowest BCUT2D eigenvalue weighted by Crippen LogP contribution is -2.70. The highest BCUT2D eigenvalue weighted by molar-refractivity contribution is 5.84. The van der Waals surface area contributed by atoms with Crippen molar-refractivity contribution < 1.29 is 95.3 Å². The summed E-state index contributed by atoms with van der Waals surface area (Å²) < 4.78 is 195. The highest BCUT2D eigenvalue weighted by atomic mass is 19.4. The van der Waals surface area contributed by atoms with Crippen molar-refractivity contribution in [3.8, 4) is 0 Å². The van der Waals surface area contributed by atoms with E-state index in [4.69, 9.17) is 19.0 Å². The number of piperidine rings is 1. The van der Waals surface area contributed by atoms with E-state index in [2.05, 4.69) is 0 Å². The summed E-state index contributed by atoms with van der Waals surface area (Å²) in [7, 11) is 0. The van der Waals surface area contributed by atoms with Gasteiger partial charge in [-0.1, -0.05) is 71.4 Å². The van der Waals surface area contributed by atoms with Gasteiger partial charge in [0.2, 0.25) is 0 Å². The molecule has 0 saturated carbocycles. The molecule has 0 amide bonds. The molecule has 1 aliphatic heterocycles. The first-order valence-electron chi connectivity index (χ1n) is 21.1. The van der Waals surface area contributed by atoms with E-state index in [1.54, 1.807) is 58.0 Å². The Hall–Kier alpha value is -3.69. The fraction of sp³-hybridized carbons (Fsp3) is 0.767. The highest BCUT2D eigenvalue weighted by Gasteiger charge is 2.90. The van der Waals surface area contributed by atoms with Crippen LogP contribution >= 0.6 is 0 Å². The van der Waals surface area contributed by atoms with Crippen molar-refractivity contribution in [3.63, 3.8) is 0 Å². The number of halogens is 13. The number of Topliss-reactive ketones (excluding diaryl/α,β-unsaturated/α-hetero) is 1. The van der Waals surface area contributed by atoms with Crippen LogP contribution in [0.3, 0.4) is 0 Å². The van der Waals surface area contributed by atoms with Crippen LogP contribution in [0.4, 0.5) is 57.1 Å². The van der Waals surface area contributed by atoms with E-state index >= 15 is 0 Å². The number of carbonyl (C=O) groups is 4. The maximum atomic E-state index is 14.8. The van der Waals surface area contributed by atoms with Crippen LogP contribution < -0.4 is 0 Å². The predicted octanol–water partition coefficient (Wildman–Crippen LogP) is 11.3. The molecule has 0 spiro atoms. The lowest BCUT2D eigenvalue weighted by molar-refractivity contribution is -0.440. The number of alkyl halides is 13. The third-order valence-corrected chi connectivity index (χ3v) is 12.0. The van der Waals surface area contributed by atoms with E-state index in [0.717, 1.165) is 5.56 Å². The fourth-order valence-corrected chi connectivity index (χ4v) is 7.32.